The second-order valence-corrected chi connectivity index (χ2v) is 10.4. The van der Waals surface area contributed by atoms with Crippen LogP contribution in [0.25, 0.3) is 22.3 Å². The Bertz CT molecular complexity index is 1420. The van der Waals surface area contributed by atoms with Crippen molar-refractivity contribution in [1.29, 1.82) is 0 Å². The minimum Gasteiger partial charge on any atom is -0.363 e. The minimum absolute atomic E-state index is 0.253. The lowest BCUT2D eigenvalue weighted by atomic mass is 10.0. The summed E-state index contributed by atoms with van der Waals surface area (Å²) in [6.45, 7) is 6.13. The van der Waals surface area contributed by atoms with Crippen molar-refractivity contribution in [3.05, 3.63) is 71.7 Å². The molecule has 2 N–H and O–H groups in total. The van der Waals surface area contributed by atoms with Gasteiger partial charge in [-0.05, 0) is 59.9 Å². The highest BCUT2D eigenvalue weighted by atomic mass is 15.2. The van der Waals surface area contributed by atoms with E-state index in [4.69, 9.17) is 9.97 Å². The van der Waals surface area contributed by atoms with Crippen molar-refractivity contribution < 1.29 is 0 Å². The number of nitrogens with zero attached hydrogens (tertiary/aromatic N) is 5. The summed E-state index contributed by atoms with van der Waals surface area (Å²) < 4.78 is 0. The summed E-state index contributed by atoms with van der Waals surface area (Å²) in [6, 6.07) is 13.1. The van der Waals surface area contributed by atoms with Gasteiger partial charge in [0.05, 0.1) is 17.8 Å². The molecule has 2 aliphatic carbocycles. The molecule has 7 heteroatoms. The molecule has 2 atom stereocenters. The summed E-state index contributed by atoms with van der Waals surface area (Å²) in [5.41, 5.74) is 6.01. The van der Waals surface area contributed by atoms with Crippen molar-refractivity contribution in [2.24, 2.45) is 5.92 Å². The Hall–Kier alpha value is -3.58. The average molecular weight is 478 g/mol. The predicted octanol–water partition coefficient (Wildman–Crippen LogP) is 4.72. The van der Waals surface area contributed by atoms with E-state index < -0.39 is 0 Å². The number of hydrogen-bond donors (Lipinski definition) is 2. The largest absolute Gasteiger partial charge is 0.363 e. The van der Waals surface area contributed by atoms with Gasteiger partial charge in [0.15, 0.2) is 5.82 Å². The van der Waals surface area contributed by atoms with Crippen LogP contribution in [0.15, 0.2) is 55.0 Å². The van der Waals surface area contributed by atoms with Crippen LogP contribution in [0, 0.1) is 5.92 Å². The summed E-state index contributed by atoms with van der Waals surface area (Å²) >= 11 is 0. The van der Waals surface area contributed by atoms with Gasteiger partial charge in [-0.15, -0.1) is 0 Å². The maximum atomic E-state index is 5.19. The Morgan fingerprint density at radius 2 is 1.86 bits per heavy atom. The number of pyridine rings is 2. The zero-order valence-corrected chi connectivity index (χ0v) is 20.6. The zero-order chi connectivity index (χ0) is 24.1. The van der Waals surface area contributed by atoms with E-state index in [2.05, 4.69) is 62.8 Å². The van der Waals surface area contributed by atoms with Gasteiger partial charge in [-0.3, -0.25) is 4.98 Å². The minimum atomic E-state index is 0.253. The van der Waals surface area contributed by atoms with Crippen molar-refractivity contribution in [3.63, 3.8) is 0 Å². The van der Waals surface area contributed by atoms with Crippen LogP contribution in [0.5, 0.6) is 0 Å². The zero-order valence-electron chi connectivity index (χ0n) is 20.6. The van der Waals surface area contributed by atoms with Crippen LogP contribution >= 0.6 is 0 Å². The molecule has 1 aromatic carbocycles. The normalized spacial score (nSPS) is 21.5. The number of hydrogen-bond acceptors (Lipinski definition) is 7. The van der Waals surface area contributed by atoms with E-state index in [1.807, 2.05) is 24.7 Å². The second kappa shape index (κ2) is 8.82. The van der Waals surface area contributed by atoms with Crippen molar-refractivity contribution in [3.8, 4) is 11.4 Å². The molecule has 3 aliphatic rings. The molecule has 1 aliphatic heterocycles. The fourth-order valence-corrected chi connectivity index (χ4v) is 5.85. The van der Waals surface area contributed by atoms with E-state index >= 15 is 0 Å². The van der Waals surface area contributed by atoms with Crippen LogP contribution in [-0.2, 0) is 6.42 Å². The molecule has 0 radical (unpaired) electrons. The summed E-state index contributed by atoms with van der Waals surface area (Å²) in [5, 5.41) is 8.36. The highest BCUT2D eigenvalue weighted by Gasteiger charge is 2.30. The molecule has 2 fully saturated rings. The maximum Gasteiger partial charge on any atom is 0.162 e. The molecule has 1 saturated carbocycles. The summed E-state index contributed by atoms with van der Waals surface area (Å²) in [7, 11) is 0. The Labute approximate surface area is 211 Å². The predicted molar refractivity (Wildman–Crippen MR) is 143 cm³/mol. The molecule has 1 unspecified atom stereocenters. The molecule has 4 aromatic rings. The van der Waals surface area contributed by atoms with Crippen LogP contribution in [0.4, 0.5) is 11.6 Å². The Morgan fingerprint density at radius 1 is 1.00 bits per heavy atom. The lowest BCUT2D eigenvalue weighted by molar-refractivity contribution is 0.540. The number of aromatic nitrogens is 4. The molecule has 0 bridgehead atoms. The fraction of sp³-hybridized carbons (Fsp3) is 0.379. The first-order chi connectivity index (χ1) is 17.7. The topological polar surface area (TPSA) is 78.9 Å². The van der Waals surface area contributed by atoms with E-state index in [0.717, 1.165) is 61.1 Å². The summed E-state index contributed by atoms with van der Waals surface area (Å²) in [4.78, 5) is 21.9. The van der Waals surface area contributed by atoms with Crippen molar-refractivity contribution in [2.75, 3.05) is 36.4 Å². The van der Waals surface area contributed by atoms with Crippen LogP contribution in [0.2, 0.25) is 0 Å². The molecular formula is C29H31N7. The van der Waals surface area contributed by atoms with Gasteiger partial charge in [0.25, 0.3) is 0 Å². The van der Waals surface area contributed by atoms with Crippen molar-refractivity contribution in [1.82, 2.24) is 25.3 Å². The third-order valence-electron chi connectivity index (χ3n) is 7.87. The third kappa shape index (κ3) is 3.88. The summed E-state index contributed by atoms with van der Waals surface area (Å²) in [6.07, 6.45) is 9.34. The van der Waals surface area contributed by atoms with E-state index in [1.165, 1.54) is 34.9 Å². The Balaban J connectivity index is 1.28. The second-order valence-electron chi connectivity index (χ2n) is 10.4. The first-order valence-corrected chi connectivity index (χ1v) is 13.2. The molecule has 4 heterocycles. The van der Waals surface area contributed by atoms with Crippen LogP contribution < -0.4 is 15.5 Å². The van der Waals surface area contributed by atoms with Gasteiger partial charge in [0.2, 0.25) is 0 Å². The van der Waals surface area contributed by atoms with Gasteiger partial charge >= 0.3 is 0 Å². The molecule has 0 spiro atoms. The molecule has 7 nitrogen and oxygen atoms in total. The number of piperazine rings is 1. The molecule has 182 valence electrons. The fourth-order valence-electron chi connectivity index (χ4n) is 5.85. The lowest BCUT2D eigenvalue weighted by Gasteiger charge is -2.30. The summed E-state index contributed by atoms with van der Waals surface area (Å²) in [5.74, 6) is 3.74. The molecule has 0 amide bonds. The number of anilines is 2. The molecule has 1 saturated heterocycles. The molecule has 7 rings (SSSR count). The quantitative estimate of drug-likeness (QED) is 0.431. The van der Waals surface area contributed by atoms with Crippen LogP contribution in [0.3, 0.4) is 0 Å². The molecule has 36 heavy (non-hydrogen) atoms. The van der Waals surface area contributed by atoms with Crippen LogP contribution in [-0.4, -0.2) is 46.1 Å². The van der Waals surface area contributed by atoms with Gasteiger partial charge in [0, 0.05) is 49.5 Å². The SMILES string of the molecule is CC1Cc2ccccc2[C@H]1Nc1cc(-c2nc(N3CCNCC3)c3c(C4CC4)cncc3n2)ccn1. The third-order valence-corrected chi connectivity index (χ3v) is 7.87. The average Bonchev–Trinajstić information content (AvgIpc) is 3.73. The van der Waals surface area contributed by atoms with E-state index in [0.29, 0.717) is 11.8 Å². The van der Waals surface area contributed by atoms with Gasteiger partial charge < -0.3 is 15.5 Å². The van der Waals surface area contributed by atoms with Crippen molar-refractivity contribution in [2.45, 2.75) is 38.1 Å². The van der Waals surface area contributed by atoms with Crippen LogP contribution in [0.1, 0.15) is 48.4 Å². The van der Waals surface area contributed by atoms with Gasteiger partial charge in [-0.2, -0.15) is 0 Å². The molecular weight excluding hydrogens is 446 g/mol. The number of nitrogens with one attached hydrogen (secondary N) is 2. The van der Waals surface area contributed by atoms with E-state index in [-0.39, 0.29) is 6.04 Å². The van der Waals surface area contributed by atoms with E-state index in [9.17, 15) is 0 Å². The molecule has 3 aromatic heterocycles. The number of rotatable bonds is 5. The maximum absolute atomic E-state index is 5.19. The Morgan fingerprint density at radius 3 is 2.72 bits per heavy atom. The highest BCUT2D eigenvalue weighted by Crippen LogP contribution is 2.45. The number of benzene rings is 1. The first kappa shape index (κ1) is 21.7. The lowest BCUT2D eigenvalue weighted by Crippen LogP contribution is -2.44. The van der Waals surface area contributed by atoms with Gasteiger partial charge in [-0.25, -0.2) is 15.0 Å². The number of fused-ring (bicyclic) bond motifs is 2. The van der Waals surface area contributed by atoms with E-state index in [1.54, 1.807) is 0 Å². The standard InChI is InChI=1S/C29H31N7/c1-18-14-20-4-2-3-5-22(20)27(18)34-25-15-21(8-9-32-25)28-33-24-17-31-16-23(19-6-7-19)26(24)29(35-28)36-12-10-30-11-13-36/h2-5,8-9,15-19,27,30H,6-7,10-14H2,1H3,(H,32,34)/t18?,27-/m0/s1. The Kier molecular flexibility index (Phi) is 5.31. The van der Waals surface area contributed by atoms with Gasteiger partial charge in [-0.1, -0.05) is 31.2 Å². The monoisotopic (exact) mass is 477 g/mol. The highest BCUT2D eigenvalue weighted by molar-refractivity contribution is 5.94. The first-order valence-electron chi connectivity index (χ1n) is 13.2. The smallest absolute Gasteiger partial charge is 0.162 e. The van der Waals surface area contributed by atoms with Crippen molar-refractivity contribution >= 4 is 22.5 Å². The van der Waals surface area contributed by atoms with Gasteiger partial charge in [0.1, 0.15) is 11.6 Å².